The molecule has 0 atom stereocenters. The van der Waals surface area contributed by atoms with Crippen molar-refractivity contribution < 1.29 is 19.4 Å². The minimum Gasteiger partial charge on any atom is -0.493 e. The van der Waals surface area contributed by atoms with Crippen LogP contribution in [0.25, 0.3) is 27.6 Å². The first kappa shape index (κ1) is 21.8. The van der Waals surface area contributed by atoms with Crippen molar-refractivity contribution in [2.24, 2.45) is 0 Å². The van der Waals surface area contributed by atoms with Gasteiger partial charge in [0.15, 0.2) is 0 Å². The molecule has 34 heavy (non-hydrogen) atoms. The maximum Gasteiger partial charge on any atom is 0.323 e. The van der Waals surface area contributed by atoms with Gasteiger partial charge >= 0.3 is 5.97 Å². The standard InChI is InChI=1S/C25H21ClN4O4/c26-18-6-9-24(23(15-18)30-27-20-4-1-2-5-21(20)28-30)34-13-3-12-33-19-7-8-22-17(14-19)10-11-29(22)16-25(31)32/h1-2,4-11,14-15H,3,12-13,16H2,(H,31,32). The van der Waals surface area contributed by atoms with E-state index in [1.54, 1.807) is 22.9 Å². The van der Waals surface area contributed by atoms with Gasteiger partial charge < -0.3 is 19.1 Å². The maximum atomic E-state index is 11.0. The second-order valence-corrected chi connectivity index (χ2v) is 8.14. The number of aromatic nitrogens is 4. The van der Waals surface area contributed by atoms with E-state index < -0.39 is 5.97 Å². The number of ether oxygens (including phenoxy) is 2. The quantitative estimate of drug-likeness (QED) is 0.302. The molecule has 0 amide bonds. The minimum atomic E-state index is -0.877. The van der Waals surface area contributed by atoms with Gasteiger partial charge in [-0.15, -0.1) is 15.0 Å². The summed E-state index contributed by atoms with van der Waals surface area (Å²) in [5, 5.41) is 19.5. The molecule has 0 fully saturated rings. The highest BCUT2D eigenvalue weighted by Gasteiger charge is 2.11. The third kappa shape index (κ3) is 4.67. The van der Waals surface area contributed by atoms with Gasteiger partial charge in [-0.25, -0.2) is 0 Å². The molecule has 0 radical (unpaired) electrons. The monoisotopic (exact) mass is 476 g/mol. The summed E-state index contributed by atoms with van der Waals surface area (Å²) < 4.78 is 13.5. The van der Waals surface area contributed by atoms with Gasteiger partial charge in [0.25, 0.3) is 0 Å². The normalized spacial score (nSPS) is 11.2. The Balaban J connectivity index is 1.20. The number of fused-ring (bicyclic) bond motifs is 2. The molecule has 172 valence electrons. The van der Waals surface area contributed by atoms with Gasteiger partial charge in [0, 0.05) is 28.5 Å². The molecule has 0 aliphatic carbocycles. The smallest absolute Gasteiger partial charge is 0.323 e. The predicted molar refractivity (Wildman–Crippen MR) is 129 cm³/mol. The van der Waals surface area contributed by atoms with Gasteiger partial charge in [0.05, 0.1) is 13.2 Å². The lowest BCUT2D eigenvalue weighted by atomic mass is 10.2. The molecule has 0 saturated carbocycles. The van der Waals surface area contributed by atoms with Gasteiger partial charge in [-0.1, -0.05) is 23.7 Å². The van der Waals surface area contributed by atoms with E-state index in [2.05, 4.69) is 10.2 Å². The van der Waals surface area contributed by atoms with Crippen LogP contribution in [-0.4, -0.2) is 43.9 Å². The van der Waals surface area contributed by atoms with Crippen molar-refractivity contribution in [3.05, 3.63) is 77.9 Å². The van der Waals surface area contributed by atoms with Crippen LogP contribution in [-0.2, 0) is 11.3 Å². The lowest BCUT2D eigenvalue weighted by molar-refractivity contribution is -0.137. The largest absolute Gasteiger partial charge is 0.493 e. The van der Waals surface area contributed by atoms with E-state index in [4.69, 9.17) is 26.2 Å². The molecule has 0 aliphatic heterocycles. The first-order chi connectivity index (χ1) is 16.6. The van der Waals surface area contributed by atoms with Gasteiger partial charge in [-0.3, -0.25) is 4.79 Å². The third-order valence-electron chi connectivity index (χ3n) is 5.29. The summed E-state index contributed by atoms with van der Waals surface area (Å²) in [6, 6.07) is 20.5. The van der Waals surface area contributed by atoms with Crippen molar-refractivity contribution in [2.75, 3.05) is 13.2 Å². The number of rotatable bonds is 9. The third-order valence-corrected chi connectivity index (χ3v) is 5.52. The molecule has 2 heterocycles. The van der Waals surface area contributed by atoms with Crippen molar-refractivity contribution >= 4 is 39.5 Å². The molecule has 0 aliphatic rings. The highest BCUT2D eigenvalue weighted by Crippen LogP contribution is 2.27. The summed E-state index contributed by atoms with van der Waals surface area (Å²) >= 11 is 6.21. The second kappa shape index (κ2) is 9.44. The Morgan fingerprint density at radius 2 is 1.71 bits per heavy atom. The molecule has 8 nitrogen and oxygen atoms in total. The molecule has 2 aromatic heterocycles. The zero-order valence-electron chi connectivity index (χ0n) is 18.1. The van der Waals surface area contributed by atoms with Crippen LogP contribution in [0.1, 0.15) is 6.42 Å². The van der Waals surface area contributed by atoms with E-state index >= 15 is 0 Å². The van der Waals surface area contributed by atoms with Crippen molar-refractivity contribution in [2.45, 2.75) is 13.0 Å². The number of aliphatic carboxylic acids is 1. The molecule has 1 N–H and O–H groups in total. The van der Waals surface area contributed by atoms with Gasteiger partial charge in [-0.05, 0) is 54.6 Å². The zero-order valence-corrected chi connectivity index (χ0v) is 18.9. The number of hydrogen-bond acceptors (Lipinski definition) is 5. The van der Waals surface area contributed by atoms with Gasteiger partial charge in [0.2, 0.25) is 0 Å². The van der Waals surface area contributed by atoms with E-state index in [0.717, 1.165) is 27.7 Å². The molecular weight excluding hydrogens is 456 g/mol. The number of carboxylic acids is 1. The highest BCUT2D eigenvalue weighted by atomic mass is 35.5. The Bertz CT molecular complexity index is 1440. The topological polar surface area (TPSA) is 91.4 Å². The van der Waals surface area contributed by atoms with Crippen LogP contribution in [0.5, 0.6) is 11.5 Å². The number of nitrogens with zero attached hydrogens (tertiary/aromatic N) is 4. The fraction of sp³-hybridized carbons (Fsp3) is 0.160. The van der Waals surface area contributed by atoms with E-state index in [1.807, 2.05) is 54.6 Å². The number of halogens is 1. The molecule has 0 bridgehead atoms. The second-order valence-electron chi connectivity index (χ2n) is 7.70. The van der Waals surface area contributed by atoms with Crippen molar-refractivity contribution in [3.8, 4) is 17.2 Å². The summed E-state index contributed by atoms with van der Waals surface area (Å²) in [6.07, 6.45) is 2.42. The SMILES string of the molecule is O=C(O)Cn1ccc2cc(OCCCOc3ccc(Cl)cc3-n3nc4ccccc4n3)ccc21. The molecule has 5 rings (SSSR count). The highest BCUT2D eigenvalue weighted by molar-refractivity contribution is 6.30. The Morgan fingerprint density at radius 3 is 2.47 bits per heavy atom. The first-order valence-electron chi connectivity index (χ1n) is 10.8. The Morgan fingerprint density at radius 1 is 0.941 bits per heavy atom. The molecular formula is C25H21ClN4O4. The lowest BCUT2D eigenvalue weighted by Gasteiger charge is -2.12. The Labute approximate surface area is 199 Å². The van der Waals surface area contributed by atoms with Crippen LogP contribution in [0.15, 0.2) is 72.9 Å². The fourth-order valence-electron chi connectivity index (χ4n) is 3.72. The number of carbonyl (C=O) groups is 1. The van der Waals surface area contributed by atoms with E-state index in [1.165, 1.54) is 4.80 Å². The number of carboxylic acid groups (broad SMARTS) is 1. The van der Waals surface area contributed by atoms with Crippen LogP contribution in [0.3, 0.4) is 0 Å². The van der Waals surface area contributed by atoms with E-state index in [9.17, 15) is 4.79 Å². The van der Waals surface area contributed by atoms with Crippen LogP contribution in [0.4, 0.5) is 0 Å². The average Bonchev–Trinajstić information content (AvgIpc) is 3.43. The van der Waals surface area contributed by atoms with Crippen LogP contribution in [0, 0.1) is 0 Å². The molecule has 9 heteroatoms. The summed E-state index contributed by atoms with van der Waals surface area (Å²) in [5.41, 5.74) is 3.10. The van der Waals surface area contributed by atoms with Gasteiger partial charge in [0.1, 0.15) is 34.8 Å². The Hall–Kier alpha value is -4.04. The molecule has 0 spiro atoms. The van der Waals surface area contributed by atoms with E-state index in [0.29, 0.717) is 36.1 Å². The molecule has 0 unspecified atom stereocenters. The maximum absolute atomic E-state index is 11.0. The lowest BCUT2D eigenvalue weighted by Crippen LogP contribution is -2.08. The molecule has 0 saturated heterocycles. The number of benzene rings is 3. The first-order valence-corrected chi connectivity index (χ1v) is 11.1. The van der Waals surface area contributed by atoms with Crippen LogP contribution in [0.2, 0.25) is 5.02 Å². The van der Waals surface area contributed by atoms with E-state index in [-0.39, 0.29) is 6.54 Å². The average molecular weight is 477 g/mol. The molecule has 3 aromatic carbocycles. The zero-order chi connectivity index (χ0) is 23.5. The summed E-state index contributed by atoms with van der Waals surface area (Å²) in [5.74, 6) is 0.476. The molecule has 5 aromatic rings. The van der Waals surface area contributed by atoms with Gasteiger partial charge in [-0.2, -0.15) is 0 Å². The van der Waals surface area contributed by atoms with Crippen LogP contribution < -0.4 is 9.47 Å². The van der Waals surface area contributed by atoms with Crippen LogP contribution >= 0.6 is 11.6 Å². The number of hydrogen-bond donors (Lipinski definition) is 1. The minimum absolute atomic E-state index is 0.0716. The fourth-order valence-corrected chi connectivity index (χ4v) is 3.89. The van der Waals surface area contributed by atoms with Crippen molar-refractivity contribution in [1.29, 1.82) is 0 Å². The summed E-state index contributed by atoms with van der Waals surface area (Å²) in [7, 11) is 0. The predicted octanol–water partition coefficient (Wildman–Crippen LogP) is 4.96. The Kier molecular flexibility index (Phi) is 6.05. The summed E-state index contributed by atoms with van der Waals surface area (Å²) in [4.78, 5) is 12.5. The summed E-state index contributed by atoms with van der Waals surface area (Å²) in [6.45, 7) is 0.832. The van der Waals surface area contributed by atoms with Crippen molar-refractivity contribution in [3.63, 3.8) is 0 Å². The van der Waals surface area contributed by atoms with Crippen molar-refractivity contribution in [1.82, 2.24) is 19.6 Å².